The molecule has 0 saturated heterocycles. The second-order valence-corrected chi connectivity index (χ2v) is 3.94. The van der Waals surface area contributed by atoms with Crippen molar-refractivity contribution >= 4 is 0 Å². The van der Waals surface area contributed by atoms with E-state index in [4.69, 9.17) is 0 Å². The fourth-order valence-electron chi connectivity index (χ4n) is 1.06. The van der Waals surface area contributed by atoms with Gasteiger partial charge in [0.05, 0.1) is 0 Å². The Bertz CT molecular complexity index is 76.2. The Morgan fingerprint density at radius 2 is 0.727 bits per heavy atom. The summed E-state index contributed by atoms with van der Waals surface area (Å²) in [6, 6.07) is 0. The number of hydrogen-bond donors (Lipinski definition) is 0. The van der Waals surface area contributed by atoms with E-state index in [1.165, 1.54) is 6.42 Å². The van der Waals surface area contributed by atoms with Gasteiger partial charge in [-0.2, -0.15) is 0 Å². The van der Waals surface area contributed by atoms with Crippen LogP contribution in [0.25, 0.3) is 0 Å². The summed E-state index contributed by atoms with van der Waals surface area (Å²) >= 11 is 0. The zero-order valence-electron chi connectivity index (χ0n) is 9.71. The molecule has 1 fully saturated rings. The van der Waals surface area contributed by atoms with Crippen LogP contribution in [0.1, 0.15) is 61.8 Å². The van der Waals surface area contributed by atoms with Crippen LogP contribution in [-0.4, -0.2) is 0 Å². The summed E-state index contributed by atoms with van der Waals surface area (Å²) in [6.07, 6.45) is 1.40. The van der Waals surface area contributed by atoms with Crippen LogP contribution in [0.15, 0.2) is 0 Å². The Morgan fingerprint density at radius 3 is 0.727 bits per heavy atom. The first kappa shape index (κ1) is 13.6. The van der Waals surface area contributed by atoms with Gasteiger partial charge in [-0.05, 0) is 17.3 Å². The van der Waals surface area contributed by atoms with Crippen LogP contribution in [0.5, 0.6) is 0 Å². The summed E-state index contributed by atoms with van der Waals surface area (Å²) in [5.41, 5.74) is 1.29. The maximum Gasteiger partial charge on any atom is -0.0297 e. The fraction of sp³-hybridized carbons (Fsp3) is 1.00. The predicted molar refractivity (Wildman–Crippen MR) is 54.9 cm³/mol. The number of rotatable bonds is 0. The zero-order chi connectivity index (χ0) is 9.71. The van der Waals surface area contributed by atoms with Crippen LogP contribution in [0.4, 0.5) is 0 Å². The largest absolute Gasteiger partial charge is 0.0683 e. The molecule has 0 nitrogen and oxygen atoms in total. The third-order valence-electron chi connectivity index (χ3n) is 2.59. The van der Waals surface area contributed by atoms with Gasteiger partial charge in [0.2, 0.25) is 0 Å². The van der Waals surface area contributed by atoms with Gasteiger partial charge in [0.15, 0.2) is 0 Å². The van der Waals surface area contributed by atoms with Gasteiger partial charge in [-0.1, -0.05) is 55.4 Å². The lowest BCUT2D eigenvalue weighted by Crippen LogP contribution is -1.95. The molecule has 70 valence electrons. The van der Waals surface area contributed by atoms with Crippen molar-refractivity contribution in [3.63, 3.8) is 0 Å². The van der Waals surface area contributed by atoms with Gasteiger partial charge in [0.25, 0.3) is 0 Å². The highest BCUT2D eigenvalue weighted by Gasteiger charge is 2.53. The molecule has 1 saturated carbocycles. The number of hydrogen-bond acceptors (Lipinski definition) is 0. The van der Waals surface area contributed by atoms with Gasteiger partial charge >= 0.3 is 0 Å². The van der Waals surface area contributed by atoms with E-state index in [9.17, 15) is 0 Å². The molecular weight excluding hydrogens is 132 g/mol. The standard InChI is InChI=1S/C7H14.2C2H6/c1-6(2)5-7(6,3)4;2*1-2/h5H2,1-4H3;2*1-2H3. The van der Waals surface area contributed by atoms with Gasteiger partial charge in [0.1, 0.15) is 0 Å². The minimum Gasteiger partial charge on any atom is -0.0683 e. The average Bonchev–Trinajstić information content (AvgIpc) is 2.38. The lowest BCUT2D eigenvalue weighted by molar-refractivity contribution is 0.457. The monoisotopic (exact) mass is 158 g/mol. The lowest BCUT2D eigenvalue weighted by atomic mass is 10.0. The SMILES string of the molecule is CC.CC.CC1(C)CC1(C)C. The van der Waals surface area contributed by atoms with Crippen molar-refractivity contribution in [3.8, 4) is 0 Å². The van der Waals surface area contributed by atoms with Crippen LogP contribution >= 0.6 is 0 Å². The van der Waals surface area contributed by atoms with E-state index in [-0.39, 0.29) is 0 Å². The van der Waals surface area contributed by atoms with Gasteiger partial charge in [-0.3, -0.25) is 0 Å². The lowest BCUT2D eigenvalue weighted by Gasteiger charge is -2.04. The van der Waals surface area contributed by atoms with E-state index < -0.39 is 0 Å². The Balaban J connectivity index is 0. The van der Waals surface area contributed by atoms with E-state index in [1.807, 2.05) is 27.7 Å². The van der Waals surface area contributed by atoms with E-state index in [0.717, 1.165) is 0 Å². The average molecular weight is 158 g/mol. The van der Waals surface area contributed by atoms with Crippen molar-refractivity contribution in [2.24, 2.45) is 10.8 Å². The summed E-state index contributed by atoms with van der Waals surface area (Å²) in [6.45, 7) is 17.3. The first-order valence-corrected chi connectivity index (χ1v) is 4.96. The van der Waals surface area contributed by atoms with E-state index in [1.54, 1.807) is 0 Å². The molecule has 0 bridgehead atoms. The highest BCUT2D eigenvalue weighted by Crippen LogP contribution is 2.62. The molecule has 0 aliphatic heterocycles. The Hall–Kier alpha value is 0. The third-order valence-corrected chi connectivity index (χ3v) is 2.59. The predicted octanol–water partition coefficient (Wildman–Crippen LogP) is 4.49. The highest BCUT2D eigenvalue weighted by atomic mass is 14.6. The van der Waals surface area contributed by atoms with Crippen LogP contribution in [-0.2, 0) is 0 Å². The van der Waals surface area contributed by atoms with Crippen LogP contribution < -0.4 is 0 Å². The highest BCUT2D eigenvalue weighted by molar-refractivity contribution is 5.02. The minimum absolute atomic E-state index is 0.646. The molecule has 0 aromatic carbocycles. The van der Waals surface area contributed by atoms with E-state index in [0.29, 0.717) is 10.8 Å². The molecule has 0 heterocycles. The normalized spacial score (nSPS) is 21.8. The second kappa shape index (κ2) is 4.79. The minimum atomic E-state index is 0.646. The molecule has 1 rings (SSSR count). The molecule has 11 heavy (non-hydrogen) atoms. The first-order valence-electron chi connectivity index (χ1n) is 4.96. The third kappa shape index (κ3) is 3.79. The zero-order valence-corrected chi connectivity index (χ0v) is 9.71. The fourth-order valence-corrected chi connectivity index (χ4v) is 1.06. The van der Waals surface area contributed by atoms with Crippen molar-refractivity contribution in [1.82, 2.24) is 0 Å². The Morgan fingerprint density at radius 1 is 0.636 bits per heavy atom. The van der Waals surface area contributed by atoms with Crippen LogP contribution in [0.3, 0.4) is 0 Å². The second-order valence-electron chi connectivity index (χ2n) is 3.94. The van der Waals surface area contributed by atoms with Crippen LogP contribution in [0, 0.1) is 10.8 Å². The molecule has 0 atom stereocenters. The molecule has 1 aliphatic rings. The molecule has 0 N–H and O–H groups in total. The molecule has 0 heteroatoms. The maximum atomic E-state index is 2.33. The molecule has 0 unspecified atom stereocenters. The van der Waals surface area contributed by atoms with Crippen molar-refractivity contribution in [3.05, 3.63) is 0 Å². The van der Waals surface area contributed by atoms with Gasteiger partial charge in [-0.15, -0.1) is 0 Å². The Labute approximate surface area is 73.4 Å². The van der Waals surface area contributed by atoms with E-state index >= 15 is 0 Å². The molecule has 0 radical (unpaired) electrons. The van der Waals surface area contributed by atoms with E-state index in [2.05, 4.69) is 27.7 Å². The van der Waals surface area contributed by atoms with Crippen molar-refractivity contribution in [2.45, 2.75) is 61.8 Å². The van der Waals surface area contributed by atoms with Gasteiger partial charge in [-0.25, -0.2) is 0 Å². The first-order chi connectivity index (χ1) is 4.96. The summed E-state index contributed by atoms with van der Waals surface area (Å²) < 4.78 is 0. The smallest absolute Gasteiger partial charge is 0.0297 e. The summed E-state index contributed by atoms with van der Waals surface area (Å²) in [4.78, 5) is 0. The maximum absolute atomic E-state index is 2.33. The van der Waals surface area contributed by atoms with Crippen molar-refractivity contribution in [2.75, 3.05) is 0 Å². The molecule has 1 aliphatic carbocycles. The molecule has 0 aromatic rings. The Kier molecular flexibility index (Phi) is 5.92. The van der Waals surface area contributed by atoms with Gasteiger partial charge < -0.3 is 0 Å². The molecule has 0 amide bonds. The molecule has 0 aromatic heterocycles. The molecular formula is C11H26. The summed E-state index contributed by atoms with van der Waals surface area (Å²) in [5, 5.41) is 0. The summed E-state index contributed by atoms with van der Waals surface area (Å²) in [7, 11) is 0. The molecule has 0 spiro atoms. The topological polar surface area (TPSA) is 0 Å². The quantitative estimate of drug-likeness (QED) is 0.487. The van der Waals surface area contributed by atoms with Crippen LogP contribution in [0.2, 0.25) is 0 Å². The van der Waals surface area contributed by atoms with Gasteiger partial charge in [0, 0.05) is 0 Å². The van der Waals surface area contributed by atoms with Crippen molar-refractivity contribution in [1.29, 1.82) is 0 Å². The van der Waals surface area contributed by atoms with Crippen molar-refractivity contribution < 1.29 is 0 Å². The summed E-state index contributed by atoms with van der Waals surface area (Å²) in [5.74, 6) is 0.